The van der Waals surface area contributed by atoms with Gasteiger partial charge in [-0.15, -0.1) is 0 Å². The minimum absolute atomic E-state index is 0.0988. The highest BCUT2D eigenvalue weighted by Crippen LogP contribution is 2.17. The Hall–Kier alpha value is -3.48. The number of amides is 1. The number of para-hydroxylation sites is 2. The van der Waals surface area contributed by atoms with Crippen LogP contribution in [0.25, 0.3) is 11.0 Å². The third-order valence-electron chi connectivity index (χ3n) is 4.44. The second-order valence-corrected chi connectivity index (χ2v) is 6.20. The Morgan fingerprint density at radius 2 is 2.04 bits per heavy atom. The van der Waals surface area contributed by atoms with Gasteiger partial charge < -0.3 is 14.3 Å². The standard InChI is InChI=1S/C20H19N5O2/c1-2-15(14-7-9-21-10-8-14)24-20(26)17-12-27-19(23-17)11-25-13-22-16-5-3-4-6-18(16)25/h3-10,12-13,15H,2,11H2,1H3,(H,24,26). The Bertz CT molecular complexity index is 1050. The lowest BCUT2D eigenvalue weighted by atomic mass is 10.1. The molecule has 1 amide bonds. The van der Waals surface area contributed by atoms with E-state index >= 15 is 0 Å². The third-order valence-corrected chi connectivity index (χ3v) is 4.44. The monoisotopic (exact) mass is 361 g/mol. The van der Waals surface area contributed by atoms with E-state index in [2.05, 4.69) is 20.3 Å². The summed E-state index contributed by atoms with van der Waals surface area (Å²) in [5.74, 6) is 0.199. The quantitative estimate of drug-likeness (QED) is 0.569. The fourth-order valence-electron chi connectivity index (χ4n) is 3.02. The second kappa shape index (κ2) is 7.41. The summed E-state index contributed by atoms with van der Waals surface area (Å²) in [6.07, 6.45) is 7.33. The third kappa shape index (κ3) is 3.57. The van der Waals surface area contributed by atoms with Crippen molar-refractivity contribution in [3.63, 3.8) is 0 Å². The molecule has 0 radical (unpaired) electrons. The number of nitrogens with zero attached hydrogens (tertiary/aromatic N) is 4. The van der Waals surface area contributed by atoms with E-state index in [9.17, 15) is 4.79 Å². The molecule has 136 valence electrons. The van der Waals surface area contributed by atoms with Crippen LogP contribution >= 0.6 is 0 Å². The van der Waals surface area contributed by atoms with Gasteiger partial charge in [-0.25, -0.2) is 9.97 Å². The number of fused-ring (bicyclic) bond motifs is 1. The zero-order valence-corrected chi connectivity index (χ0v) is 14.9. The summed E-state index contributed by atoms with van der Waals surface area (Å²) in [6.45, 7) is 2.43. The largest absolute Gasteiger partial charge is 0.446 e. The summed E-state index contributed by atoms with van der Waals surface area (Å²) in [5, 5.41) is 2.99. The fraction of sp³-hybridized carbons (Fsp3) is 0.200. The average Bonchev–Trinajstić information content (AvgIpc) is 3.35. The van der Waals surface area contributed by atoms with E-state index < -0.39 is 0 Å². The molecule has 0 bridgehead atoms. The van der Waals surface area contributed by atoms with Gasteiger partial charge in [-0.05, 0) is 36.2 Å². The predicted molar refractivity (Wildman–Crippen MR) is 100 cm³/mol. The highest BCUT2D eigenvalue weighted by molar-refractivity contribution is 5.92. The molecule has 4 aromatic rings. The molecule has 0 saturated heterocycles. The number of aromatic nitrogens is 4. The number of nitrogens with one attached hydrogen (secondary N) is 1. The van der Waals surface area contributed by atoms with E-state index in [-0.39, 0.29) is 17.6 Å². The van der Waals surface area contributed by atoms with E-state index in [1.54, 1.807) is 18.7 Å². The molecular weight excluding hydrogens is 342 g/mol. The zero-order chi connectivity index (χ0) is 18.6. The van der Waals surface area contributed by atoms with Gasteiger partial charge in [0.2, 0.25) is 5.89 Å². The number of benzene rings is 1. The van der Waals surface area contributed by atoms with Gasteiger partial charge in [-0.2, -0.15) is 0 Å². The lowest BCUT2D eigenvalue weighted by molar-refractivity contribution is 0.0930. The maximum atomic E-state index is 12.5. The Labute approximate surface area is 156 Å². The van der Waals surface area contributed by atoms with Crippen molar-refractivity contribution in [2.45, 2.75) is 25.9 Å². The van der Waals surface area contributed by atoms with Gasteiger partial charge in [-0.1, -0.05) is 19.1 Å². The predicted octanol–water partition coefficient (Wildman–Crippen LogP) is 3.35. The van der Waals surface area contributed by atoms with Crippen molar-refractivity contribution in [3.05, 3.63) is 78.5 Å². The first-order valence-electron chi connectivity index (χ1n) is 8.79. The van der Waals surface area contributed by atoms with Crippen molar-refractivity contribution in [3.8, 4) is 0 Å². The first-order chi connectivity index (χ1) is 13.2. The maximum absolute atomic E-state index is 12.5. The molecule has 7 heteroatoms. The van der Waals surface area contributed by atoms with Crippen molar-refractivity contribution >= 4 is 16.9 Å². The minimum Gasteiger partial charge on any atom is -0.446 e. The number of rotatable bonds is 6. The molecule has 1 aromatic carbocycles. The van der Waals surface area contributed by atoms with Gasteiger partial charge in [0.25, 0.3) is 5.91 Å². The first kappa shape index (κ1) is 17.0. The molecule has 0 saturated carbocycles. The molecule has 4 rings (SSSR count). The normalized spacial score (nSPS) is 12.2. The smallest absolute Gasteiger partial charge is 0.273 e. The lowest BCUT2D eigenvalue weighted by Crippen LogP contribution is -2.28. The van der Waals surface area contributed by atoms with E-state index in [0.29, 0.717) is 12.4 Å². The van der Waals surface area contributed by atoms with Crippen molar-refractivity contribution in [2.24, 2.45) is 0 Å². The van der Waals surface area contributed by atoms with Crippen molar-refractivity contribution < 1.29 is 9.21 Å². The van der Waals surface area contributed by atoms with E-state index in [1.807, 2.05) is 47.9 Å². The molecule has 0 aliphatic carbocycles. The average molecular weight is 361 g/mol. The van der Waals surface area contributed by atoms with Gasteiger partial charge in [0.15, 0.2) is 5.69 Å². The topological polar surface area (TPSA) is 85.8 Å². The molecule has 3 heterocycles. The van der Waals surface area contributed by atoms with Crippen LogP contribution in [0.2, 0.25) is 0 Å². The maximum Gasteiger partial charge on any atom is 0.273 e. The van der Waals surface area contributed by atoms with Crippen LogP contribution in [-0.4, -0.2) is 25.4 Å². The van der Waals surface area contributed by atoms with Crippen molar-refractivity contribution in [2.75, 3.05) is 0 Å². The van der Waals surface area contributed by atoms with Crippen LogP contribution in [0.3, 0.4) is 0 Å². The number of hydrogen-bond acceptors (Lipinski definition) is 5. The molecule has 1 N–H and O–H groups in total. The van der Waals surface area contributed by atoms with Crippen molar-refractivity contribution in [1.29, 1.82) is 0 Å². The Balaban J connectivity index is 1.48. The van der Waals surface area contributed by atoms with Gasteiger partial charge in [-0.3, -0.25) is 9.78 Å². The summed E-state index contributed by atoms with van der Waals surface area (Å²) >= 11 is 0. The van der Waals surface area contributed by atoms with Crippen molar-refractivity contribution in [1.82, 2.24) is 24.8 Å². The van der Waals surface area contributed by atoms with E-state index in [0.717, 1.165) is 23.0 Å². The summed E-state index contributed by atoms with van der Waals surface area (Å²) < 4.78 is 7.44. The number of oxazole rings is 1. The van der Waals surface area contributed by atoms with E-state index in [1.165, 1.54) is 6.26 Å². The molecule has 0 spiro atoms. The van der Waals surface area contributed by atoms with Gasteiger partial charge in [0.1, 0.15) is 12.8 Å². The lowest BCUT2D eigenvalue weighted by Gasteiger charge is -2.16. The molecule has 3 aromatic heterocycles. The second-order valence-electron chi connectivity index (χ2n) is 6.20. The number of carbonyl (C=O) groups is 1. The van der Waals surface area contributed by atoms with E-state index in [4.69, 9.17) is 4.42 Å². The van der Waals surface area contributed by atoms with Crippen LogP contribution in [0.15, 0.2) is 65.8 Å². The highest BCUT2D eigenvalue weighted by Gasteiger charge is 2.18. The molecule has 1 unspecified atom stereocenters. The molecule has 0 fully saturated rings. The Kier molecular flexibility index (Phi) is 4.65. The first-order valence-corrected chi connectivity index (χ1v) is 8.79. The molecule has 1 atom stereocenters. The number of imidazole rings is 1. The molecule has 0 aliphatic heterocycles. The number of carbonyl (C=O) groups excluding carboxylic acids is 1. The van der Waals surface area contributed by atoms with Crippen LogP contribution in [0.4, 0.5) is 0 Å². The molecule has 27 heavy (non-hydrogen) atoms. The SMILES string of the molecule is CCC(NC(=O)c1coc(Cn2cnc3ccccc32)n1)c1ccncc1. The number of hydrogen-bond donors (Lipinski definition) is 1. The minimum atomic E-state index is -0.260. The highest BCUT2D eigenvalue weighted by atomic mass is 16.3. The fourth-order valence-corrected chi connectivity index (χ4v) is 3.02. The number of pyridine rings is 1. The van der Waals surface area contributed by atoms with Crippen LogP contribution in [0, 0.1) is 0 Å². The molecular formula is C20H19N5O2. The van der Waals surface area contributed by atoms with Gasteiger partial charge >= 0.3 is 0 Å². The van der Waals surface area contributed by atoms with Crippen LogP contribution in [0.1, 0.15) is 41.3 Å². The van der Waals surface area contributed by atoms with Gasteiger partial charge in [0, 0.05) is 12.4 Å². The Morgan fingerprint density at radius 3 is 2.85 bits per heavy atom. The molecule has 7 nitrogen and oxygen atoms in total. The zero-order valence-electron chi connectivity index (χ0n) is 14.9. The molecule has 0 aliphatic rings. The summed E-state index contributed by atoms with van der Waals surface area (Å²) in [5.41, 5.74) is 3.17. The summed E-state index contributed by atoms with van der Waals surface area (Å²) in [6, 6.07) is 11.5. The van der Waals surface area contributed by atoms with Crippen LogP contribution in [-0.2, 0) is 6.54 Å². The Morgan fingerprint density at radius 1 is 1.22 bits per heavy atom. The van der Waals surface area contributed by atoms with Crippen LogP contribution < -0.4 is 5.32 Å². The van der Waals surface area contributed by atoms with Gasteiger partial charge in [0.05, 0.1) is 23.4 Å². The summed E-state index contributed by atoms with van der Waals surface area (Å²) in [7, 11) is 0. The van der Waals surface area contributed by atoms with Crippen LogP contribution in [0.5, 0.6) is 0 Å². The summed E-state index contributed by atoms with van der Waals surface area (Å²) in [4.78, 5) is 25.2.